The smallest absolute Gasteiger partial charge is 0.141 e. The van der Waals surface area contributed by atoms with E-state index < -0.39 is 0 Å². The molecule has 0 aliphatic heterocycles. The van der Waals surface area contributed by atoms with Crippen LogP contribution in [0.4, 0.5) is 0 Å². The molecule has 20 heavy (non-hydrogen) atoms. The van der Waals surface area contributed by atoms with Gasteiger partial charge in [0.1, 0.15) is 13.2 Å². The highest BCUT2D eigenvalue weighted by Crippen LogP contribution is 2.08. The predicted molar refractivity (Wildman–Crippen MR) is 81.4 cm³/mol. The summed E-state index contributed by atoms with van der Waals surface area (Å²) in [5, 5.41) is 8.74. The zero-order valence-corrected chi connectivity index (χ0v) is 13.9. The molecule has 0 saturated heterocycles. The van der Waals surface area contributed by atoms with E-state index in [9.17, 15) is 0 Å². The SMILES string of the molecule is CC[N+](CC)(CC#CCO)CC=Cc1ccccc1.[Br-]. The second-order valence-corrected chi connectivity index (χ2v) is 4.64. The minimum Gasteiger partial charge on any atom is -1.00 e. The van der Waals surface area contributed by atoms with Crippen molar-refractivity contribution >= 4 is 6.08 Å². The Morgan fingerprint density at radius 1 is 1.10 bits per heavy atom. The molecule has 0 aliphatic carbocycles. The number of benzene rings is 1. The number of rotatable bonds is 6. The van der Waals surface area contributed by atoms with Crippen LogP contribution in [-0.2, 0) is 0 Å². The fraction of sp³-hybridized carbons (Fsp3) is 0.412. The van der Waals surface area contributed by atoms with E-state index in [-0.39, 0.29) is 23.6 Å². The molecule has 1 N–H and O–H groups in total. The summed E-state index contributed by atoms with van der Waals surface area (Å²) in [5.41, 5.74) is 1.23. The normalized spacial score (nSPS) is 10.8. The second kappa shape index (κ2) is 10.7. The van der Waals surface area contributed by atoms with Crippen LogP contribution < -0.4 is 17.0 Å². The van der Waals surface area contributed by atoms with Crippen molar-refractivity contribution in [1.29, 1.82) is 0 Å². The van der Waals surface area contributed by atoms with Gasteiger partial charge in [0, 0.05) is 0 Å². The fourth-order valence-corrected chi connectivity index (χ4v) is 2.03. The van der Waals surface area contributed by atoms with Crippen LogP contribution in [0.15, 0.2) is 36.4 Å². The summed E-state index contributed by atoms with van der Waals surface area (Å²) in [6.45, 7) is 8.22. The molecule has 3 heteroatoms. The molecule has 0 bridgehead atoms. The van der Waals surface area contributed by atoms with Crippen LogP contribution >= 0.6 is 0 Å². The molecule has 1 aromatic carbocycles. The van der Waals surface area contributed by atoms with Crippen LogP contribution in [0.3, 0.4) is 0 Å². The highest BCUT2D eigenvalue weighted by atomic mass is 79.9. The van der Waals surface area contributed by atoms with E-state index in [0.29, 0.717) is 0 Å². The number of aliphatic hydroxyl groups is 1. The quantitative estimate of drug-likeness (QED) is 0.551. The van der Waals surface area contributed by atoms with Gasteiger partial charge in [-0.05, 0) is 31.4 Å². The molecule has 0 spiro atoms. The summed E-state index contributed by atoms with van der Waals surface area (Å²) in [7, 11) is 0. The van der Waals surface area contributed by atoms with Gasteiger partial charge in [-0.15, -0.1) is 0 Å². The molecule has 0 heterocycles. The van der Waals surface area contributed by atoms with Crippen LogP contribution in [0.5, 0.6) is 0 Å². The van der Waals surface area contributed by atoms with E-state index in [0.717, 1.165) is 30.7 Å². The maximum atomic E-state index is 8.74. The van der Waals surface area contributed by atoms with Gasteiger partial charge in [0.15, 0.2) is 0 Å². The molecule has 0 fully saturated rings. The van der Waals surface area contributed by atoms with Gasteiger partial charge in [0.05, 0.1) is 19.6 Å². The Hall–Kier alpha value is -1.08. The molecule has 1 rings (SSSR count). The Morgan fingerprint density at radius 2 is 1.75 bits per heavy atom. The van der Waals surface area contributed by atoms with Crippen molar-refractivity contribution in [1.82, 2.24) is 0 Å². The third-order valence-electron chi connectivity index (χ3n) is 3.56. The first-order chi connectivity index (χ1) is 9.26. The maximum absolute atomic E-state index is 8.74. The molecule has 0 atom stereocenters. The molecule has 0 aliphatic rings. The molecular formula is C17H24BrNO. The van der Waals surface area contributed by atoms with Crippen LogP contribution in [-0.4, -0.2) is 42.4 Å². The van der Waals surface area contributed by atoms with Gasteiger partial charge >= 0.3 is 0 Å². The van der Waals surface area contributed by atoms with Crippen molar-refractivity contribution in [3.8, 4) is 11.8 Å². The lowest BCUT2D eigenvalue weighted by Gasteiger charge is -2.33. The third-order valence-corrected chi connectivity index (χ3v) is 3.56. The summed E-state index contributed by atoms with van der Waals surface area (Å²) in [6, 6.07) is 10.3. The first-order valence-electron chi connectivity index (χ1n) is 6.89. The number of aliphatic hydroxyl groups excluding tert-OH is 1. The lowest BCUT2D eigenvalue weighted by Crippen LogP contribution is -3.00. The lowest BCUT2D eigenvalue weighted by atomic mass is 10.2. The average Bonchev–Trinajstić information content (AvgIpc) is 2.47. The lowest BCUT2D eigenvalue weighted by molar-refractivity contribution is -0.912. The Kier molecular flexibility index (Phi) is 10.1. The first kappa shape index (κ1) is 18.9. The van der Waals surface area contributed by atoms with Gasteiger partial charge in [-0.1, -0.05) is 42.3 Å². The third kappa shape index (κ3) is 6.38. The molecule has 0 radical (unpaired) electrons. The first-order valence-corrected chi connectivity index (χ1v) is 6.89. The van der Waals surface area contributed by atoms with Gasteiger partial charge in [0.25, 0.3) is 0 Å². The zero-order chi connectivity index (χ0) is 14.0. The fourth-order valence-electron chi connectivity index (χ4n) is 2.03. The summed E-state index contributed by atoms with van der Waals surface area (Å²) in [5.74, 6) is 5.81. The Labute approximate surface area is 133 Å². The van der Waals surface area contributed by atoms with Gasteiger partial charge in [-0.25, -0.2) is 0 Å². The second-order valence-electron chi connectivity index (χ2n) is 4.64. The molecule has 110 valence electrons. The van der Waals surface area contributed by atoms with Gasteiger partial charge < -0.3 is 26.6 Å². The molecule has 0 amide bonds. The molecule has 0 aromatic heterocycles. The maximum Gasteiger partial charge on any atom is 0.141 e. The molecule has 0 saturated carbocycles. The Bertz CT molecular complexity index is 441. The summed E-state index contributed by atoms with van der Waals surface area (Å²) in [4.78, 5) is 0. The number of quaternary nitrogens is 1. The minimum atomic E-state index is -0.0483. The molecular weight excluding hydrogens is 314 g/mol. The Balaban J connectivity index is 0.00000361. The summed E-state index contributed by atoms with van der Waals surface area (Å²) in [6.07, 6.45) is 4.39. The number of hydrogen-bond donors (Lipinski definition) is 1. The van der Waals surface area contributed by atoms with Crippen molar-refractivity contribution in [2.45, 2.75) is 13.8 Å². The van der Waals surface area contributed by atoms with Crippen molar-refractivity contribution in [3.05, 3.63) is 42.0 Å². The zero-order valence-electron chi connectivity index (χ0n) is 12.3. The van der Waals surface area contributed by atoms with Crippen LogP contribution in [0.25, 0.3) is 6.08 Å². The van der Waals surface area contributed by atoms with Crippen molar-refractivity contribution < 1.29 is 26.6 Å². The highest BCUT2D eigenvalue weighted by molar-refractivity contribution is 5.48. The van der Waals surface area contributed by atoms with E-state index in [2.05, 4.69) is 50.0 Å². The van der Waals surface area contributed by atoms with Crippen molar-refractivity contribution in [2.24, 2.45) is 0 Å². The van der Waals surface area contributed by atoms with Crippen LogP contribution in [0.2, 0.25) is 0 Å². The van der Waals surface area contributed by atoms with Gasteiger partial charge in [-0.2, -0.15) is 0 Å². The van der Waals surface area contributed by atoms with Crippen LogP contribution in [0, 0.1) is 11.8 Å². The average molecular weight is 338 g/mol. The van der Waals surface area contributed by atoms with Gasteiger partial charge in [-0.3, -0.25) is 0 Å². The van der Waals surface area contributed by atoms with E-state index >= 15 is 0 Å². The van der Waals surface area contributed by atoms with Crippen molar-refractivity contribution in [3.63, 3.8) is 0 Å². The molecule has 1 aromatic rings. The highest BCUT2D eigenvalue weighted by Gasteiger charge is 2.19. The summed E-state index contributed by atoms with van der Waals surface area (Å²) < 4.78 is 0.941. The number of likely N-dealkylation sites (N-methyl/N-ethyl adjacent to an activating group) is 1. The van der Waals surface area contributed by atoms with Crippen molar-refractivity contribution in [2.75, 3.05) is 32.8 Å². The standard InChI is InChI=1S/C17H24NO.BrH/c1-3-18(4-2,14-8-9-16-19)15-10-13-17-11-6-5-7-12-17;/h5-7,10-13,19H,3-4,14-16H2,1-2H3;1H/q+1;/p-1. The predicted octanol–water partition coefficient (Wildman–Crippen LogP) is -0.444. The van der Waals surface area contributed by atoms with E-state index in [1.54, 1.807) is 0 Å². The van der Waals surface area contributed by atoms with E-state index in [1.165, 1.54) is 5.56 Å². The number of halogens is 1. The number of nitrogens with zero attached hydrogens (tertiary/aromatic N) is 1. The number of hydrogen-bond acceptors (Lipinski definition) is 1. The Morgan fingerprint density at radius 3 is 2.30 bits per heavy atom. The van der Waals surface area contributed by atoms with E-state index in [1.807, 2.05) is 18.2 Å². The largest absolute Gasteiger partial charge is 1.00 e. The summed E-state index contributed by atoms with van der Waals surface area (Å²) >= 11 is 0. The monoisotopic (exact) mass is 337 g/mol. The topological polar surface area (TPSA) is 20.2 Å². The minimum absolute atomic E-state index is 0. The molecule has 2 nitrogen and oxygen atoms in total. The van der Waals surface area contributed by atoms with Gasteiger partial charge in [0.2, 0.25) is 0 Å². The molecule has 0 unspecified atom stereocenters. The van der Waals surface area contributed by atoms with Crippen LogP contribution in [0.1, 0.15) is 19.4 Å². The van der Waals surface area contributed by atoms with E-state index in [4.69, 9.17) is 5.11 Å².